The average molecular weight is 228 g/mol. The molecule has 7 heteroatoms. The molecule has 15 heavy (non-hydrogen) atoms. The van der Waals surface area contributed by atoms with Crippen molar-refractivity contribution in [3.05, 3.63) is 29.8 Å². The minimum Gasteiger partial charge on any atom is -0.384 e. The van der Waals surface area contributed by atoms with E-state index in [4.69, 9.17) is 11.1 Å². The van der Waals surface area contributed by atoms with E-state index in [0.29, 0.717) is 11.3 Å². The Bertz CT molecular complexity index is 452. The molecule has 0 fully saturated rings. The first kappa shape index (κ1) is 11.5. The van der Waals surface area contributed by atoms with Crippen LogP contribution >= 0.6 is 0 Å². The number of hydrogen-bond donors (Lipinski definition) is 4. The molecule has 0 aliphatic heterocycles. The van der Waals surface area contributed by atoms with E-state index in [1.807, 2.05) is 0 Å². The molecule has 1 rings (SSSR count). The molecule has 1 aromatic carbocycles. The van der Waals surface area contributed by atoms with Crippen LogP contribution in [0.1, 0.15) is 5.56 Å². The first-order valence-electron chi connectivity index (χ1n) is 4.10. The zero-order chi connectivity index (χ0) is 11.5. The Kier molecular flexibility index (Phi) is 3.28. The molecule has 0 radical (unpaired) electrons. The number of amidine groups is 1. The lowest BCUT2D eigenvalue weighted by atomic mass is 10.2. The Hall–Kier alpha value is -1.60. The second-order valence-electron chi connectivity index (χ2n) is 2.80. The molecular weight excluding hydrogens is 216 g/mol. The molecule has 0 saturated heterocycles. The molecule has 6 nitrogen and oxygen atoms in total. The molecule has 0 heterocycles. The second kappa shape index (κ2) is 4.28. The van der Waals surface area contributed by atoms with E-state index < -0.39 is 10.2 Å². The molecule has 0 bridgehead atoms. The van der Waals surface area contributed by atoms with Crippen LogP contribution < -0.4 is 15.2 Å². The van der Waals surface area contributed by atoms with Crippen LogP contribution in [0, 0.1) is 5.41 Å². The predicted molar refractivity (Wildman–Crippen MR) is 59.1 cm³/mol. The molecule has 0 saturated carbocycles. The van der Waals surface area contributed by atoms with E-state index >= 15 is 0 Å². The molecule has 1 aromatic rings. The smallest absolute Gasteiger partial charge is 0.298 e. The fourth-order valence-electron chi connectivity index (χ4n) is 0.924. The number of hydrogen-bond acceptors (Lipinski definition) is 3. The van der Waals surface area contributed by atoms with Crippen molar-refractivity contribution in [2.45, 2.75) is 0 Å². The summed E-state index contributed by atoms with van der Waals surface area (Å²) in [5.41, 5.74) is 6.20. The fourth-order valence-corrected chi connectivity index (χ4v) is 1.47. The minimum atomic E-state index is -3.49. The summed E-state index contributed by atoms with van der Waals surface area (Å²) in [6, 6.07) is 6.20. The first-order chi connectivity index (χ1) is 6.94. The fraction of sp³-hybridized carbons (Fsp3) is 0.125. The highest BCUT2D eigenvalue weighted by Crippen LogP contribution is 2.09. The highest BCUT2D eigenvalue weighted by Gasteiger charge is 2.05. The van der Waals surface area contributed by atoms with Gasteiger partial charge in [-0.2, -0.15) is 8.42 Å². The summed E-state index contributed by atoms with van der Waals surface area (Å²) in [4.78, 5) is 0. The number of nitrogens with one attached hydrogen (secondary N) is 3. The van der Waals surface area contributed by atoms with Gasteiger partial charge in [0.05, 0.1) is 0 Å². The topological polar surface area (TPSA) is 108 Å². The van der Waals surface area contributed by atoms with Gasteiger partial charge in [-0.1, -0.05) is 0 Å². The number of nitrogens with two attached hydrogens (primary N) is 1. The van der Waals surface area contributed by atoms with Crippen molar-refractivity contribution in [3.63, 3.8) is 0 Å². The van der Waals surface area contributed by atoms with Crippen LogP contribution in [-0.4, -0.2) is 21.3 Å². The van der Waals surface area contributed by atoms with Crippen LogP contribution in [0.15, 0.2) is 24.3 Å². The first-order valence-corrected chi connectivity index (χ1v) is 5.58. The van der Waals surface area contributed by atoms with Gasteiger partial charge in [-0.05, 0) is 24.3 Å². The minimum absolute atomic E-state index is 0.0574. The van der Waals surface area contributed by atoms with Crippen LogP contribution in [0.3, 0.4) is 0 Å². The Morgan fingerprint density at radius 2 is 1.87 bits per heavy atom. The molecule has 0 aliphatic rings. The summed E-state index contributed by atoms with van der Waals surface area (Å²) in [5.74, 6) is -0.0574. The monoisotopic (exact) mass is 228 g/mol. The van der Waals surface area contributed by atoms with Crippen LogP contribution in [0.2, 0.25) is 0 Å². The Morgan fingerprint density at radius 3 is 2.27 bits per heavy atom. The second-order valence-corrected chi connectivity index (χ2v) is 4.42. The summed E-state index contributed by atoms with van der Waals surface area (Å²) in [6.45, 7) is 0. The molecule has 0 amide bonds. The third-order valence-electron chi connectivity index (χ3n) is 1.72. The zero-order valence-electron chi connectivity index (χ0n) is 8.11. The maximum atomic E-state index is 11.1. The van der Waals surface area contributed by atoms with Gasteiger partial charge in [0, 0.05) is 18.3 Å². The van der Waals surface area contributed by atoms with Crippen LogP contribution in [0.5, 0.6) is 0 Å². The highest BCUT2D eigenvalue weighted by atomic mass is 32.2. The normalized spacial score (nSPS) is 11.0. The van der Waals surface area contributed by atoms with E-state index in [0.717, 1.165) is 0 Å². The lowest BCUT2D eigenvalue weighted by molar-refractivity contribution is 0.593. The van der Waals surface area contributed by atoms with Gasteiger partial charge in [0.1, 0.15) is 5.84 Å². The van der Waals surface area contributed by atoms with Gasteiger partial charge >= 0.3 is 0 Å². The maximum absolute atomic E-state index is 11.1. The number of anilines is 1. The van der Waals surface area contributed by atoms with E-state index in [2.05, 4.69) is 9.44 Å². The van der Waals surface area contributed by atoms with E-state index in [-0.39, 0.29) is 5.84 Å². The van der Waals surface area contributed by atoms with Gasteiger partial charge in [0.15, 0.2) is 0 Å². The third kappa shape index (κ3) is 3.22. The van der Waals surface area contributed by atoms with Crippen molar-refractivity contribution in [3.8, 4) is 0 Å². The van der Waals surface area contributed by atoms with Crippen LogP contribution in [0.4, 0.5) is 5.69 Å². The van der Waals surface area contributed by atoms with E-state index in [1.54, 1.807) is 12.1 Å². The number of nitrogen functional groups attached to an aromatic ring is 1. The summed E-state index contributed by atoms with van der Waals surface area (Å²) < 4.78 is 26.6. The van der Waals surface area contributed by atoms with Gasteiger partial charge in [-0.3, -0.25) is 10.1 Å². The quantitative estimate of drug-likeness (QED) is 0.425. The molecule has 0 spiro atoms. The lowest BCUT2D eigenvalue weighted by Crippen LogP contribution is -2.26. The Labute approximate surface area is 88.2 Å². The van der Waals surface area contributed by atoms with E-state index in [1.165, 1.54) is 19.2 Å². The summed E-state index contributed by atoms with van der Waals surface area (Å²) in [7, 11) is -2.18. The van der Waals surface area contributed by atoms with Crippen molar-refractivity contribution in [2.75, 3.05) is 11.8 Å². The van der Waals surface area contributed by atoms with Gasteiger partial charge in [0.2, 0.25) is 0 Å². The van der Waals surface area contributed by atoms with Crippen molar-refractivity contribution < 1.29 is 8.42 Å². The molecule has 0 aromatic heterocycles. The number of benzene rings is 1. The summed E-state index contributed by atoms with van der Waals surface area (Å²) >= 11 is 0. The van der Waals surface area contributed by atoms with Gasteiger partial charge in [-0.15, -0.1) is 0 Å². The van der Waals surface area contributed by atoms with Crippen LogP contribution in [-0.2, 0) is 10.2 Å². The summed E-state index contributed by atoms with van der Waals surface area (Å²) in [6.07, 6.45) is 0. The third-order valence-corrected chi connectivity index (χ3v) is 2.76. The van der Waals surface area contributed by atoms with Crippen molar-refractivity contribution in [2.24, 2.45) is 5.73 Å². The summed E-state index contributed by atoms with van der Waals surface area (Å²) in [5, 5.41) is 7.15. The van der Waals surface area contributed by atoms with Gasteiger partial charge in [0.25, 0.3) is 10.2 Å². The lowest BCUT2D eigenvalue weighted by Gasteiger charge is -2.06. The molecule has 0 aliphatic carbocycles. The molecular formula is C8H12N4O2S. The zero-order valence-corrected chi connectivity index (χ0v) is 8.93. The largest absolute Gasteiger partial charge is 0.384 e. The van der Waals surface area contributed by atoms with E-state index in [9.17, 15) is 8.42 Å². The Balaban J connectivity index is 2.86. The molecule has 0 atom stereocenters. The number of rotatable bonds is 4. The maximum Gasteiger partial charge on any atom is 0.298 e. The average Bonchev–Trinajstić information content (AvgIpc) is 2.18. The van der Waals surface area contributed by atoms with Crippen molar-refractivity contribution in [1.29, 1.82) is 5.41 Å². The van der Waals surface area contributed by atoms with Gasteiger partial charge in [-0.25, -0.2) is 4.72 Å². The van der Waals surface area contributed by atoms with Gasteiger partial charge < -0.3 is 5.73 Å². The van der Waals surface area contributed by atoms with Crippen molar-refractivity contribution >= 4 is 21.7 Å². The van der Waals surface area contributed by atoms with Crippen LogP contribution in [0.25, 0.3) is 0 Å². The Morgan fingerprint density at radius 1 is 1.33 bits per heavy atom. The SMILES string of the molecule is CNS(=O)(=O)Nc1ccc(C(=N)N)cc1. The van der Waals surface area contributed by atoms with Crippen molar-refractivity contribution in [1.82, 2.24) is 4.72 Å². The highest BCUT2D eigenvalue weighted by molar-refractivity contribution is 7.90. The molecule has 0 unspecified atom stereocenters. The predicted octanol–water partition coefficient (Wildman–Crippen LogP) is -0.153. The molecule has 82 valence electrons. The molecule has 5 N–H and O–H groups in total. The standard InChI is InChI=1S/C8H12N4O2S/c1-11-15(13,14)12-7-4-2-6(3-5-7)8(9)10/h2-5,11-12H,1H3,(H3,9,10).